The zero-order valence-corrected chi connectivity index (χ0v) is 10.9. The van der Waals surface area contributed by atoms with Gasteiger partial charge in [-0.2, -0.15) is 0 Å². The lowest BCUT2D eigenvalue weighted by molar-refractivity contribution is -0.138. The minimum absolute atomic E-state index is 0.0350. The second-order valence-electron chi connectivity index (χ2n) is 4.19. The summed E-state index contributed by atoms with van der Waals surface area (Å²) in [5, 5.41) is 8.61. The number of hydrogen-bond acceptors (Lipinski definition) is 4. The molecule has 100 valence electrons. The Morgan fingerprint density at radius 1 is 1.33 bits per heavy atom. The van der Waals surface area contributed by atoms with E-state index in [0.29, 0.717) is 6.42 Å². The first-order valence-electron chi connectivity index (χ1n) is 5.67. The van der Waals surface area contributed by atoms with E-state index in [1.807, 2.05) is 30.3 Å². The lowest BCUT2D eigenvalue weighted by Crippen LogP contribution is -2.32. The minimum atomic E-state index is -2.75. The summed E-state index contributed by atoms with van der Waals surface area (Å²) >= 11 is 0. The highest BCUT2D eigenvalue weighted by Gasteiger charge is 2.15. The van der Waals surface area contributed by atoms with E-state index in [2.05, 4.69) is 0 Å². The molecule has 0 bridgehead atoms. The van der Waals surface area contributed by atoms with Gasteiger partial charge in [-0.15, -0.1) is 0 Å². The van der Waals surface area contributed by atoms with Crippen molar-refractivity contribution in [2.24, 2.45) is 5.73 Å². The van der Waals surface area contributed by atoms with Crippen LogP contribution in [0.5, 0.6) is 0 Å². The van der Waals surface area contributed by atoms with Crippen molar-refractivity contribution in [1.82, 2.24) is 0 Å². The summed E-state index contributed by atoms with van der Waals surface area (Å²) in [5.41, 5.74) is 6.35. The van der Waals surface area contributed by atoms with Crippen LogP contribution < -0.4 is 5.73 Å². The van der Waals surface area contributed by atoms with Crippen LogP contribution >= 0.6 is 0 Å². The fourth-order valence-electron chi connectivity index (χ4n) is 1.47. The standard InChI is InChI=1S/C12H18N2O3S/c13-11(12(15)16)7-9-18(14,17)8-6-10-4-2-1-3-5-10/h1-5,11,14H,6-9,13H2,(H,15,16)/t11-,18?/m0/s1. The van der Waals surface area contributed by atoms with Crippen LogP contribution in [0.15, 0.2) is 30.3 Å². The Morgan fingerprint density at radius 2 is 1.94 bits per heavy atom. The number of benzene rings is 1. The molecular weight excluding hydrogens is 252 g/mol. The average Bonchev–Trinajstić information content (AvgIpc) is 2.35. The topological polar surface area (TPSA) is 104 Å². The number of carboxylic acids is 1. The third-order valence-electron chi connectivity index (χ3n) is 2.64. The molecule has 1 rings (SSSR count). The van der Waals surface area contributed by atoms with Crippen molar-refractivity contribution in [2.75, 3.05) is 11.5 Å². The maximum atomic E-state index is 11.9. The summed E-state index contributed by atoms with van der Waals surface area (Å²) in [6.07, 6.45) is 0.637. The van der Waals surface area contributed by atoms with Gasteiger partial charge in [0.1, 0.15) is 6.04 Å². The second-order valence-corrected chi connectivity index (χ2v) is 6.63. The zero-order valence-electron chi connectivity index (χ0n) is 10.0. The molecule has 0 aliphatic carbocycles. The first kappa shape index (κ1) is 14.7. The molecule has 6 heteroatoms. The van der Waals surface area contributed by atoms with Crippen LogP contribution in [0.2, 0.25) is 0 Å². The van der Waals surface area contributed by atoms with E-state index in [-0.39, 0.29) is 17.9 Å². The lowest BCUT2D eigenvalue weighted by atomic mass is 10.2. The SMILES string of the molecule is N=S(=O)(CCc1ccccc1)CC[C@H](N)C(=O)O. The number of carboxylic acid groups (broad SMARTS) is 1. The van der Waals surface area contributed by atoms with Crippen LogP contribution in [0.1, 0.15) is 12.0 Å². The molecule has 0 aliphatic heterocycles. The van der Waals surface area contributed by atoms with Crippen LogP contribution in [-0.2, 0) is 20.9 Å². The summed E-state index contributed by atoms with van der Waals surface area (Å²) in [5.74, 6) is -0.843. The van der Waals surface area contributed by atoms with Crippen molar-refractivity contribution in [3.63, 3.8) is 0 Å². The molecular formula is C12H18N2O3S. The number of aliphatic carboxylic acids is 1. The third kappa shape index (κ3) is 5.29. The van der Waals surface area contributed by atoms with Crippen molar-refractivity contribution < 1.29 is 14.1 Å². The molecule has 1 aromatic rings. The molecule has 1 aromatic carbocycles. The molecule has 0 saturated heterocycles. The van der Waals surface area contributed by atoms with Crippen molar-refractivity contribution in [1.29, 1.82) is 4.78 Å². The molecule has 0 heterocycles. The smallest absolute Gasteiger partial charge is 0.320 e. The fraction of sp³-hybridized carbons (Fsp3) is 0.417. The number of carbonyl (C=O) groups is 1. The van der Waals surface area contributed by atoms with Gasteiger partial charge in [0.25, 0.3) is 0 Å². The number of nitrogens with one attached hydrogen (secondary N) is 1. The monoisotopic (exact) mass is 270 g/mol. The summed E-state index contributed by atoms with van der Waals surface area (Å²) in [4.78, 5) is 10.5. The van der Waals surface area contributed by atoms with E-state index in [1.165, 1.54) is 0 Å². The first-order valence-corrected chi connectivity index (χ1v) is 7.57. The zero-order chi connectivity index (χ0) is 13.6. The minimum Gasteiger partial charge on any atom is -0.480 e. The summed E-state index contributed by atoms with van der Waals surface area (Å²) in [6.45, 7) is 0. The molecule has 18 heavy (non-hydrogen) atoms. The summed E-state index contributed by atoms with van der Waals surface area (Å²) < 4.78 is 19.6. The Labute approximate surface area is 107 Å². The van der Waals surface area contributed by atoms with Crippen molar-refractivity contribution in [3.8, 4) is 0 Å². The number of nitrogens with two attached hydrogens (primary N) is 1. The van der Waals surface area contributed by atoms with E-state index >= 15 is 0 Å². The van der Waals surface area contributed by atoms with Gasteiger partial charge in [0.2, 0.25) is 0 Å². The van der Waals surface area contributed by atoms with Crippen molar-refractivity contribution in [2.45, 2.75) is 18.9 Å². The fourth-order valence-corrected chi connectivity index (χ4v) is 2.87. The maximum Gasteiger partial charge on any atom is 0.320 e. The third-order valence-corrected chi connectivity index (χ3v) is 4.40. The van der Waals surface area contributed by atoms with E-state index < -0.39 is 21.7 Å². The number of aryl methyl sites for hydroxylation is 1. The average molecular weight is 270 g/mol. The van der Waals surface area contributed by atoms with Gasteiger partial charge in [-0.25, -0.2) is 4.21 Å². The van der Waals surface area contributed by atoms with Gasteiger partial charge in [-0.1, -0.05) is 30.3 Å². The van der Waals surface area contributed by atoms with Crippen molar-refractivity contribution in [3.05, 3.63) is 35.9 Å². The van der Waals surface area contributed by atoms with Crippen LogP contribution in [0.3, 0.4) is 0 Å². The molecule has 0 radical (unpaired) electrons. The molecule has 0 fully saturated rings. The van der Waals surface area contributed by atoms with Gasteiger partial charge >= 0.3 is 5.97 Å². The molecule has 5 nitrogen and oxygen atoms in total. The van der Waals surface area contributed by atoms with Gasteiger partial charge < -0.3 is 10.8 Å². The van der Waals surface area contributed by atoms with Crippen LogP contribution in [-0.4, -0.2) is 32.8 Å². The van der Waals surface area contributed by atoms with Gasteiger partial charge in [0, 0.05) is 21.2 Å². The van der Waals surface area contributed by atoms with Crippen LogP contribution in [0.4, 0.5) is 0 Å². The molecule has 4 N–H and O–H groups in total. The van der Waals surface area contributed by atoms with E-state index in [4.69, 9.17) is 15.6 Å². The highest BCUT2D eigenvalue weighted by atomic mass is 32.2. The Bertz CT molecular complexity index is 485. The molecule has 0 amide bonds. The van der Waals surface area contributed by atoms with E-state index in [9.17, 15) is 9.00 Å². The van der Waals surface area contributed by atoms with Crippen LogP contribution in [0, 0.1) is 4.78 Å². The number of rotatable bonds is 7. The molecule has 0 aromatic heterocycles. The largest absolute Gasteiger partial charge is 0.480 e. The predicted molar refractivity (Wildman–Crippen MR) is 71.0 cm³/mol. The second kappa shape index (κ2) is 6.51. The molecule has 2 atom stereocenters. The Hall–Kier alpha value is -1.40. The maximum absolute atomic E-state index is 11.9. The number of hydrogen-bond donors (Lipinski definition) is 3. The van der Waals surface area contributed by atoms with Gasteiger partial charge in [-0.05, 0) is 18.4 Å². The van der Waals surface area contributed by atoms with Gasteiger partial charge in [0.05, 0.1) is 0 Å². The lowest BCUT2D eigenvalue weighted by Gasteiger charge is -2.09. The Morgan fingerprint density at radius 3 is 2.50 bits per heavy atom. The van der Waals surface area contributed by atoms with Crippen LogP contribution in [0.25, 0.3) is 0 Å². The predicted octanol–water partition coefficient (Wildman–Crippen LogP) is 1.08. The quantitative estimate of drug-likeness (QED) is 0.689. The van der Waals surface area contributed by atoms with E-state index in [0.717, 1.165) is 5.56 Å². The molecule has 0 aliphatic rings. The molecule has 0 saturated carbocycles. The summed E-state index contributed by atoms with van der Waals surface area (Å²) in [7, 11) is -2.75. The first-order chi connectivity index (χ1) is 8.41. The van der Waals surface area contributed by atoms with Gasteiger partial charge in [0.15, 0.2) is 0 Å². The molecule has 1 unspecified atom stereocenters. The van der Waals surface area contributed by atoms with Crippen molar-refractivity contribution >= 4 is 15.7 Å². The highest BCUT2D eigenvalue weighted by molar-refractivity contribution is 7.92. The highest BCUT2D eigenvalue weighted by Crippen LogP contribution is 2.05. The molecule has 0 spiro atoms. The van der Waals surface area contributed by atoms with Gasteiger partial charge in [-0.3, -0.25) is 9.57 Å². The van der Waals surface area contributed by atoms with E-state index in [1.54, 1.807) is 0 Å². The normalized spacial score (nSPS) is 15.8. The Kier molecular flexibility index (Phi) is 5.30. The Balaban J connectivity index is 2.43. The summed E-state index contributed by atoms with van der Waals surface area (Å²) in [6, 6.07) is 8.47.